The number of fused-ring (bicyclic) bond motifs is 1. The molecule has 0 spiro atoms. The van der Waals surface area contributed by atoms with Gasteiger partial charge in [-0.25, -0.2) is 4.79 Å². The van der Waals surface area contributed by atoms with Gasteiger partial charge in [0, 0.05) is 6.54 Å². The third-order valence-corrected chi connectivity index (χ3v) is 5.01. The van der Waals surface area contributed by atoms with Gasteiger partial charge in [-0.2, -0.15) is 0 Å². The number of benzene rings is 2. The zero-order valence-corrected chi connectivity index (χ0v) is 15.7. The Morgan fingerprint density at radius 1 is 1.11 bits per heavy atom. The van der Waals surface area contributed by atoms with Gasteiger partial charge in [0.25, 0.3) is 5.91 Å². The summed E-state index contributed by atoms with van der Waals surface area (Å²) in [6, 6.07) is 13.0. The smallest absolute Gasteiger partial charge is 0.325 e. The Morgan fingerprint density at radius 2 is 1.85 bits per heavy atom. The topological polar surface area (TPSA) is 78.5 Å². The van der Waals surface area contributed by atoms with Crippen molar-refractivity contribution < 1.29 is 14.4 Å². The number of hydrogen-bond acceptors (Lipinski definition) is 3. The molecule has 0 bridgehead atoms. The van der Waals surface area contributed by atoms with Gasteiger partial charge >= 0.3 is 6.03 Å². The molecule has 1 fully saturated rings. The number of amides is 4. The van der Waals surface area contributed by atoms with Crippen LogP contribution in [0.3, 0.4) is 0 Å². The molecule has 1 unspecified atom stereocenters. The first-order valence-corrected chi connectivity index (χ1v) is 9.36. The first-order valence-electron chi connectivity index (χ1n) is 9.36. The van der Waals surface area contributed by atoms with E-state index in [9.17, 15) is 14.4 Å². The number of carbonyl (C=O) groups excluding carboxylic acids is 3. The highest BCUT2D eigenvalue weighted by molar-refractivity contribution is 6.09. The summed E-state index contributed by atoms with van der Waals surface area (Å²) in [5, 5.41) is 7.57. The summed E-state index contributed by atoms with van der Waals surface area (Å²) in [6.45, 7) is 4.05. The zero-order chi connectivity index (χ0) is 19.4. The maximum atomic E-state index is 12.9. The molecule has 2 N–H and O–H groups in total. The number of urea groups is 1. The second-order valence-electron chi connectivity index (χ2n) is 7.07. The van der Waals surface area contributed by atoms with Crippen LogP contribution in [0, 0.1) is 0 Å². The van der Waals surface area contributed by atoms with E-state index < -0.39 is 17.5 Å². The van der Waals surface area contributed by atoms with Crippen LogP contribution in [0.5, 0.6) is 0 Å². The highest BCUT2D eigenvalue weighted by atomic mass is 16.2. The molecule has 2 aromatic rings. The molecular weight excluding hydrogens is 342 g/mol. The van der Waals surface area contributed by atoms with Crippen LogP contribution in [0.2, 0.25) is 0 Å². The number of nitrogens with one attached hydrogen (secondary N) is 2. The van der Waals surface area contributed by atoms with E-state index >= 15 is 0 Å². The van der Waals surface area contributed by atoms with E-state index in [1.54, 1.807) is 6.92 Å². The number of carbonyl (C=O) groups is 3. The maximum absolute atomic E-state index is 12.9. The molecule has 1 heterocycles. The number of nitrogens with zero attached hydrogens (tertiary/aromatic N) is 1. The quantitative estimate of drug-likeness (QED) is 0.583. The van der Waals surface area contributed by atoms with Gasteiger partial charge < -0.3 is 10.6 Å². The average molecular weight is 367 g/mol. The van der Waals surface area contributed by atoms with E-state index in [0.717, 1.165) is 34.9 Å². The van der Waals surface area contributed by atoms with Crippen molar-refractivity contribution in [2.45, 2.75) is 38.6 Å². The summed E-state index contributed by atoms with van der Waals surface area (Å²) in [5.74, 6) is -0.733. The van der Waals surface area contributed by atoms with Crippen LogP contribution in [-0.4, -0.2) is 35.8 Å². The normalized spacial score (nSPS) is 19.4. The molecule has 4 amide bonds. The Balaban J connectivity index is 1.74. The largest absolute Gasteiger partial charge is 0.355 e. The minimum absolute atomic E-state index is 0.264. The number of unbranched alkanes of at least 4 members (excludes halogenated alkanes) is 2. The Kier molecular flexibility index (Phi) is 5.44. The first-order chi connectivity index (χ1) is 13.0. The van der Waals surface area contributed by atoms with Crippen LogP contribution >= 0.6 is 0 Å². The lowest BCUT2D eigenvalue weighted by Gasteiger charge is -2.22. The van der Waals surface area contributed by atoms with Crippen molar-refractivity contribution in [1.29, 1.82) is 0 Å². The Bertz CT molecular complexity index is 880. The van der Waals surface area contributed by atoms with E-state index in [0.29, 0.717) is 12.1 Å². The minimum Gasteiger partial charge on any atom is -0.355 e. The standard InChI is InChI=1S/C21H25N3O3/c1-3-4-7-12-22-18(25)14-24-19(26)21(2,23-20(24)27)17-11-10-15-8-5-6-9-16(15)13-17/h5-6,8-11,13H,3-4,7,12,14H2,1-2H3,(H,22,25)(H,23,27). The maximum Gasteiger partial charge on any atom is 0.325 e. The molecule has 2 aromatic carbocycles. The molecule has 1 aliphatic heterocycles. The first kappa shape index (κ1) is 18.9. The van der Waals surface area contributed by atoms with Crippen molar-refractivity contribution in [2.75, 3.05) is 13.1 Å². The molecule has 0 aromatic heterocycles. The van der Waals surface area contributed by atoms with Gasteiger partial charge in [0.05, 0.1) is 0 Å². The van der Waals surface area contributed by atoms with E-state index in [-0.39, 0.29) is 12.5 Å². The van der Waals surface area contributed by atoms with Crippen molar-refractivity contribution in [3.05, 3.63) is 48.0 Å². The summed E-state index contributed by atoms with van der Waals surface area (Å²) in [4.78, 5) is 38.4. The summed E-state index contributed by atoms with van der Waals surface area (Å²) in [6.07, 6.45) is 2.98. The van der Waals surface area contributed by atoms with Crippen LogP contribution in [0.25, 0.3) is 10.8 Å². The van der Waals surface area contributed by atoms with Crippen LogP contribution in [0.1, 0.15) is 38.7 Å². The average Bonchev–Trinajstić information content (AvgIpc) is 2.89. The van der Waals surface area contributed by atoms with Gasteiger partial charge in [-0.05, 0) is 35.7 Å². The number of rotatable bonds is 7. The highest BCUT2D eigenvalue weighted by Crippen LogP contribution is 2.30. The SMILES string of the molecule is CCCCCNC(=O)CN1C(=O)NC(C)(c2ccc3ccccc3c2)C1=O. The summed E-state index contributed by atoms with van der Waals surface area (Å²) in [5.41, 5.74) is -0.478. The van der Waals surface area contributed by atoms with Crippen LogP contribution < -0.4 is 10.6 Å². The Morgan fingerprint density at radius 3 is 2.59 bits per heavy atom. The number of imide groups is 1. The molecule has 6 heteroatoms. The van der Waals surface area contributed by atoms with Gasteiger partial charge in [-0.15, -0.1) is 0 Å². The second kappa shape index (κ2) is 7.78. The van der Waals surface area contributed by atoms with Crippen LogP contribution in [-0.2, 0) is 15.1 Å². The van der Waals surface area contributed by atoms with E-state index in [1.165, 1.54) is 0 Å². The number of hydrogen-bond donors (Lipinski definition) is 2. The Hall–Kier alpha value is -2.89. The Labute approximate surface area is 158 Å². The van der Waals surface area contributed by atoms with Crippen molar-refractivity contribution in [2.24, 2.45) is 0 Å². The summed E-state index contributed by atoms with van der Waals surface area (Å²) in [7, 11) is 0. The van der Waals surface area contributed by atoms with Gasteiger partial charge in [0.15, 0.2) is 0 Å². The molecule has 6 nitrogen and oxygen atoms in total. The molecule has 27 heavy (non-hydrogen) atoms. The lowest BCUT2D eigenvalue weighted by Crippen LogP contribution is -2.43. The predicted octanol–water partition coefficient (Wildman–Crippen LogP) is 2.91. The lowest BCUT2D eigenvalue weighted by molar-refractivity contribution is -0.134. The van der Waals surface area contributed by atoms with Crippen LogP contribution in [0.15, 0.2) is 42.5 Å². The highest BCUT2D eigenvalue weighted by Gasteiger charge is 2.49. The van der Waals surface area contributed by atoms with E-state index in [4.69, 9.17) is 0 Å². The van der Waals surface area contributed by atoms with Crippen molar-refractivity contribution in [3.63, 3.8) is 0 Å². The fourth-order valence-electron chi connectivity index (χ4n) is 3.34. The molecule has 0 saturated carbocycles. The van der Waals surface area contributed by atoms with E-state index in [2.05, 4.69) is 17.6 Å². The molecule has 1 aliphatic rings. The monoisotopic (exact) mass is 367 g/mol. The molecule has 3 rings (SSSR count). The molecule has 1 atom stereocenters. The van der Waals surface area contributed by atoms with Gasteiger partial charge in [-0.1, -0.05) is 56.2 Å². The third kappa shape index (κ3) is 3.79. The summed E-state index contributed by atoms with van der Waals surface area (Å²) < 4.78 is 0. The molecule has 0 aliphatic carbocycles. The van der Waals surface area contributed by atoms with Crippen molar-refractivity contribution >= 4 is 28.6 Å². The molecule has 1 saturated heterocycles. The lowest BCUT2D eigenvalue weighted by atomic mass is 9.90. The molecule has 0 radical (unpaired) electrons. The van der Waals surface area contributed by atoms with E-state index in [1.807, 2.05) is 42.5 Å². The van der Waals surface area contributed by atoms with Gasteiger partial charge in [0.1, 0.15) is 12.1 Å². The van der Waals surface area contributed by atoms with Gasteiger partial charge in [-0.3, -0.25) is 14.5 Å². The molecular formula is C21H25N3O3. The van der Waals surface area contributed by atoms with Crippen LogP contribution in [0.4, 0.5) is 4.79 Å². The minimum atomic E-state index is -1.18. The predicted molar refractivity (Wildman–Crippen MR) is 104 cm³/mol. The third-order valence-electron chi connectivity index (χ3n) is 5.01. The van der Waals surface area contributed by atoms with Gasteiger partial charge in [0.2, 0.25) is 5.91 Å². The van der Waals surface area contributed by atoms with Crippen molar-refractivity contribution in [1.82, 2.24) is 15.5 Å². The second-order valence-corrected chi connectivity index (χ2v) is 7.07. The molecule has 142 valence electrons. The summed E-state index contributed by atoms with van der Waals surface area (Å²) >= 11 is 0. The fraction of sp³-hybridized carbons (Fsp3) is 0.381. The van der Waals surface area contributed by atoms with Crippen molar-refractivity contribution in [3.8, 4) is 0 Å². The zero-order valence-electron chi connectivity index (χ0n) is 15.7. The fourth-order valence-corrected chi connectivity index (χ4v) is 3.34.